The van der Waals surface area contributed by atoms with Crippen molar-refractivity contribution in [2.75, 3.05) is 6.26 Å². The smallest absolute Gasteiger partial charge is 0.175 e. The van der Waals surface area contributed by atoms with Crippen molar-refractivity contribution in [1.29, 1.82) is 0 Å². The number of imidazole rings is 1. The zero-order valence-electron chi connectivity index (χ0n) is 12.4. The van der Waals surface area contributed by atoms with Gasteiger partial charge in [-0.3, -0.25) is 0 Å². The number of hydrogen-bond donors (Lipinski definition) is 0. The van der Waals surface area contributed by atoms with Gasteiger partial charge in [-0.2, -0.15) is 0 Å². The highest BCUT2D eigenvalue weighted by molar-refractivity contribution is 7.90. The van der Waals surface area contributed by atoms with E-state index in [1.54, 1.807) is 24.3 Å². The number of nitrogens with zero attached hydrogens (tertiary/aromatic N) is 2. The van der Waals surface area contributed by atoms with Crippen molar-refractivity contribution in [3.05, 3.63) is 60.8 Å². The lowest BCUT2D eigenvalue weighted by Crippen LogP contribution is -1.96. The summed E-state index contributed by atoms with van der Waals surface area (Å²) >= 11 is 0. The van der Waals surface area contributed by atoms with Crippen LogP contribution in [0.2, 0.25) is 0 Å². The molecule has 0 saturated carbocycles. The second-order valence-corrected chi connectivity index (χ2v) is 7.24. The Morgan fingerprint density at radius 1 is 0.909 bits per heavy atom. The molecule has 0 N–H and O–H groups in total. The summed E-state index contributed by atoms with van der Waals surface area (Å²) in [6.45, 7) is 0. The molecule has 1 aromatic heterocycles. The molecule has 0 atom stereocenters. The van der Waals surface area contributed by atoms with Crippen molar-refractivity contribution >= 4 is 9.84 Å². The third-order valence-corrected chi connectivity index (χ3v) is 4.62. The van der Waals surface area contributed by atoms with Gasteiger partial charge in [0.1, 0.15) is 5.82 Å². The van der Waals surface area contributed by atoms with E-state index < -0.39 is 9.84 Å². The number of hydrogen-bond acceptors (Lipinski definition) is 3. The quantitative estimate of drug-likeness (QED) is 0.746. The van der Waals surface area contributed by atoms with Gasteiger partial charge in [0.25, 0.3) is 0 Å². The van der Waals surface area contributed by atoms with Gasteiger partial charge in [-0.05, 0) is 12.1 Å². The van der Waals surface area contributed by atoms with Crippen LogP contribution in [0.25, 0.3) is 22.6 Å². The zero-order valence-corrected chi connectivity index (χ0v) is 13.2. The van der Waals surface area contributed by atoms with Crippen LogP contribution in [0.4, 0.5) is 0 Å². The summed E-state index contributed by atoms with van der Waals surface area (Å²) in [5.41, 5.74) is 2.76. The van der Waals surface area contributed by atoms with Gasteiger partial charge in [-0.25, -0.2) is 13.4 Å². The normalized spacial score (nSPS) is 11.5. The van der Waals surface area contributed by atoms with Gasteiger partial charge in [0, 0.05) is 30.6 Å². The molecule has 2 aromatic carbocycles. The van der Waals surface area contributed by atoms with Gasteiger partial charge < -0.3 is 4.57 Å². The zero-order chi connectivity index (χ0) is 15.7. The molecule has 0 spiro atoms. The van der Waals surface area contributed by atoms with E-state index in [0.29, 0.717) is 4.90 Å². The first-order chi connectivity index (χ1) is 10.4. The Morgan fingerprint density at radius 2 is 1.55 bits per heavy atom. The largest absolute Gasteiger partial charge is 0.333 e. The van der Waals surface area contributed by atoms with E-state index in [4.69, 9.17) is 0 Å². The Labute approximate surface area is 130 Å². The van der Waals surface area contributed by atoms with E-state index in [2.05, 4.69) is 4.98 Å². The Hall–Kier alpha value is -2.40. The van der Waals surface area contributed by atoms with E-state index in [-0.39, 0.29) is 0 Å². The third kappa shape index (κ3) is 2.80. The molecule has 0 fully saturated rings. The van der Waals surface area contributed by atoms with Crippen LogP contribution >= 0.6 is 0 Å². The van der Waals surface area contributed by atoms with Crippen molar-refractivity contribution in [3.8, 4) is 22.6 Å². The van der Waals surface area contributed by atoms with Crippen molar-refractivity contribution < 1.29 is 8.42 Å². The molecule has 0 aliphatic heterocycles. The Bertz CT molecular complexity index is 896. The highest BCUT2D eigenvalue weighted by atomic mass is 32.2. The minimum atomic E-state index is -3.17. The molecule has 1 heterocycles. The fraction of sp³-hybridized carbons (Fsp3) is 0.118. The van der Waals surface area contributed by atoms with Gasteiger partial charge in [-0.15, -0.1) is 0 Å². The molecule has 112 valence electrons. The van der Waals surface area contributed by atoms with Crippen LogP contribution in [-0.2, 0) is 16.9 Å². The minimum absolute atomic E-state index is 0.315. The van der Waals surface area contributed by atoms with Crippen LogP contribution < -0.4 is 0 Å². The summed E-state index contributed by atoms with van der Waals surface area (Å²) in [5, 5.41) is 0. The molecule has 3 aromatic rings. The average Bonchev–Trinajstić information content (AvgIpc) is 2.89. The molecule has 0 aliphatic rings. The van der Waals surface area contributed by atoms with Gasteiger partial charge in [0.15, 0.2) is 9.84 Å². The van der Waals surface area contributed by atoms with Crippen LogP contribution in [0.15, 0.2) is 65.7 Å². The molecular formula is C17H16N2O2S. The molecule has 5 heteroatoms. The fourth-order valence-corrected chi connectivity index (χ4v) is 2.96. The van der Waals surface area contributed by atoms with Crippen molar-refractivity contribution in [1.82, 2.24) is 9.55 Å². The fourth-order valence-electron chi connectivity index (χ4n) is 2.33. The van der Waals surface area contributed by atoms with Crippen LogP contribution in [0.1, 0.15) is 0 Å². The minimum Gasteiger partial charge on any atom is -0.333 e. The third-order valence-electron chi connectivity index (χ3n) is 3.49. The predicted molar refractivity (Wildman–Crippen MR) is 87.2 cm³/mol. The van der Waals surface area contributed by atoms with E-state index in [1.165, 1.54) is 6.26 Å². The summed E-state index contributed by atoms with van der Waals surface area (Å²) in [5.74, 6) is 0.878. The lowest BCUT2D eigenvalue weighted by molar-refractivity contribution is 0.602. The van der Waals surface area contributed by atoms with Gasteiger partial charge in [-0.1, -0.05) is 42.5 Å². The SMILES string of the molecule is Cn1cc(-c2ccc(S(C)(=O)=O)cc2)nc1-c1ccccc1. The maximum absolute atomic E-state index is 11.5. The average molecular weight is 312 g/mol. The van der Waals surface area contributed by atoms with Crippen molar-refractivity contribution in [3.63, 3.8) is 0 Å². The molecule has 3 rings (SSSR count). The van der Waals surface area contributed by atoms with Crippen LogP contribution in [0.3, 0.4) is 0 Å². The molecule has 4 nitrogen and oxygen atoms in total. The highest BCUT2D eigenvalue weighted by Gasteiger charge is 2.11. The Kier molecular flexibility index (Phi) is 3.58. The molecular weight excluding hydrogens is 296 g/mol. The molecule has 0 amide bonds. The standard InChI is InChI=1S/C17H16N2O2S/c1-19-12-16(18-17(19)14-6-4-3-5-7-14)13-8-10-15(11-9-13)22(2,20)21/h3-12H,1-2H3. The summed E-state index contributed by atoms with van der Waals surface area (Å²) in [7, 11) is -1.23. The molecule has 0 aliphatic carbocycles. The van der Waals surface area contributed by atoms with E-state index in [9.17, 15) is 8.42 Å². The van der Waals surface area contributed by atoms with Crippen LogP contribution in [0.5, 0.6) is 0 Å². The topological polar surface area (TPSA) is 52.0 Å². The highest BCUT2D eigenvalue weighted by Crippen LogP contribution is 2.25. The monoisotopic (exact) mass is 312 g/mol. The van der Waals surface area contributed by atoms with Gasteiger partial charge in [0.2, 0.25) is 0 Å². The van der Waals surface area contributed by atoms with Crippen LogP contribution in [-0.4, -0.2) is 24.2 Å². The van der Waals surface area contributed by atoms with Crippen molar-refractivity contribution in [2.24, 2.45) is 7.05 Å². The lowest BCUT2D eigenvalue weighted by Gasteiger charge is -2.00. The maximum atomic E-state index is 11.5. The molecule has 22 heavy (non-hydrogen) atoms. The Morgan fingerprint density at radius 3 is 2.14 bits per heavy atom. The number of aryl methyl sites for hydroxylation is 1. The second-order valence-electron chi connectivity index (χ2n) is 5.22. The van der Waals surface area contributed by atoms with E-state index in [1.807, 2.05) is 48.1 Å². The Balaban J connectivity index is 2.00. The first-order valence-corrected chi connectivity index (χ1v) is 8.73. The number of rotatable bonds is 3. The number of benzene rings is 2. The van der Waals surface area contributed by atoms with Crippen molar-refractivity contribution in [2.45, 2.75) is 4.90 Å². The summed E-state index contributed by atoms with van der Waals surface area (Å²) in [6, 6.07) is 16.7. The summed E-state index contributed by atoms with van der Waals surface area (Å²) in [6.07, 6.45) is 3.15. The van der Waals surface area contributed by atoms with Gasteiger partial charge in [0.05, 0.1) is 10.6 Å². The summed E-state index contributed by atoms with van der Waals surface area (Å²) < 4.78 is 25.0. The molecule has 0 saturated heterocycles. The van der Waals surface area contributed by atoms with E-state index in [0.717, 1.165) is 22.6 Å². The number of sulfone groups is 1. The first-order valence-electron chi connectivity index (χ1n) is 6.84. The lowest BCUT2D eigenvalue weighted by atomic mass is 10.2. The molecule has 0 radical (unpaired) electrons. The van der Waals surface area contributed by atoms with Gasteiger partial charge >= 0.3 is 0 Å². The van der Waals surface area contributed by atoms with Crippen LogP contribution in [0, 0.1) is 0 Å². The maximum Gasteiger partial charge on any atom is 0.175 e. The predicted octanol–water partition coefficient (Wildman–Crippen LogP) is 3.16. The second kappa shape index (κ2) is 5.42. The summed E-state index contributed by atoms with van der Waals surface area (Å²) in [4.78, 5) is 4.97. The number of aromatic nitrogens is 2. The van der Waals surface area contributed by atoms with E-state index >= 15 is 0 Å². The molecule has 0 unspecified atom stereocenters. The first kappa shape index (κ1) is 14.5. The molecule has 0 bridgehead atoms.